The van der Waals surface area contributed by atoms with E-state index in [2.05, 4.69) is 0 Å². The van der Waals surface area contributed by atoms with Gasteiger partial charge in [-0.25, -0.2) is 0 Å². The van der Waals surface area contributed by atoms with E-state index >= 15 is 0 Å². The molecule has 0 heterocycles. The van der Waals surface area contributed by atoms with Gasteiger partial charge in [-0.05, 0) is 12.1 Å². The Bertz CT molecular complexity index is 1190. The van der Waals surface area contributed by atoms with Gasteiger partial charge < -0.3 is 18.8 Å². The summed E-state index contributed by atoms with van der Waals surface area (Å²) in [4.78, 5) is 26.2. The minimum absolute atomic E-state index is 0.0169. The van der Waals surface area contributed by atoms with Crippen molar-refractivity contribution in [3.63, 3.8) is 0 Å². The second kappa shape index (κ2) is 10.2. The van der Waals surface area contributed by atoms with E-state index in [1.165, 1.54) is 45.6 Å². The van der Waals surface area contributed by atoms with Crippen molar-refractivity contribution in [3.05, 3.63) is 81.3 Å². The summed E-state index contributed by atoms with van der Waals surface area (Å²) < 4.78 is 29.2. The lowest BCUT2D eigenvalue weighted by atomic mass is 10.0. The smallest absolute Gasteiger partial charge is 0.230 e. The number of hydrogen-bond acceptors (Lipinski definition) is 6. The molecule has 166 valence electrons. The molecular formula is C23H19Cl2O6P. The average molecular weight is 493 g/mol. The molecule has 32 heavy (non-hydrogen) atoms. The van der Waals surface area contributed by atoms with Crippen LogP contribution in [0.4, 0.5) is 0 Å². The SMILES string of the molecule is COc1cc(OC)c(C(=O)[PH](=O)c2c(Cl)ccc(C(=O)c3ccccc3)c2Cl)c(OC)c1. The predicted octanol–water partition coefficient (Wildman–Crippen LogP) is 5.28. The first kappa shape index (κ1) is 23.9. The first-order chi connectivity index (χ1) is 15.3. The number of carbonyl (C=O) groups excluding carboxylic acids is 2. The largest absolute Gasteiger partial charge is 0.496 e. The molecule has 0 spiro atoms. The average Bonchev–Trinajstić information content (AvgIpc) is 2.82. The van der Waals surface area contributed by atoms with E-state index in [1.54, 1.807) is 30.3 Å². The Labute approximate surface area is 195 Å². The fourth-order valence-electron chi connectivity index (χ4n) is 3.14. The molecule has 0 fully saturated rings. The van der Waals surface area contributed by atoms with Crippen molar-refractivity contribution >= 4 is 47.6 Å². The summed E-state index contributed by atoms with van der Waals surface area (Å²) in [7, 11) is 0.894. The minimum Gasteiger partial charge on any atom is -0.496 e. The summed E-state index contributed by atoms with van der Waals surface area (Å²) >= 11 is 12.7. The van der Waals surface area contributed by atoms with Gasteiger partial charge in [0.15, 0.2) is 13.6 Å². The number of ether oxygens (including phenoxy) is 3. The maximum atomic E-state index is 13.4. The fourth-order valence-corrected chi connectivity index (χ4v) is 5.44. The highest BCUT2D eigenvalue weighted by atomic mass is 35.5. The van der Waals surface area contributed by atoms with Crippen molar-refractivity contribution in [1.82, 2.24) is 0 Å². The summed E-state index contributed by atoms with van der Waals surface area (Å²) in [6.45, 7) is 0. The molecule has 3 aromatic rings. The van der Waals surface area contributed by atoms with Crippen molar-refractivity contribution in [3.8, 4) is 17.2 Å². The number of ketones is 1. The van der Waals surface area contributed by atoms with Crippen molar-refractivity contribution < 1.29 is 28.4 Å². The third-order valence-electron chi connectivity index (χ3n) is 4.75. The molecule has 3 aromatic carbocycles. The Balaban J connectivity index is 2.11. The van der Waals surface area contributed by atoms with Gasteiger partial charge >= 0.3 is 0 Å². The Kier molecular flexibility index (Phi) is 7.62. The van der Waals surface area contributed by atoms with Crippen LogP contribution in [0, 0.1) is 0 Å². The first-order valence-electron chi connectivity index (χ1n) is 9.30. The maximum Gasteiger partial charge on any atom is 0.230 e. The second-order valence-corrected chi connectivity index (χ2v) is 8.94. The van der Waals surface area contributed by atoms with Crippen LogP contribution in [0.2, 0.25) is 10.0 Å². The van der Waals surface area contributed by atoms with Crippen molar-refractivity contribution in [2.45, 2.75) is 0 Å². The molecule has 9 heteroatoms. The Morgan fingerprint density at radius 1 is 0.844 bits per heavy atom. The molecule has 0 saturated carbocycles. The molecule has 1 unspecified atom stereocenters. The van der Waals surface area contributed by atoms with Crippen molar-refractivity contribution in [2.75, 3.05) is 21.3 Å². The molecule has 3 rings (SSSR count). The van der Waals surface area contributed by atoms with E-state index in [-0.39, 0.29) is 43.8 Å². The van der Waals surface area contributed by atoms with Crippen LogP contribution in [0.15, 0.2) is 54.6 Å². The van der Waals surface area contributed by atoms with Crippen LogP contribution >= 0.6 is 31.0 Å². The molecule has 0 aliphatic rings. The fraction of sp³-hybridized carbons (Fsp3) is 0.130. The van der Waals surface area contributed by atoms with Crippen LogP contribution in [-0.2, 0) is 4.57 Å². The molecule has 0 saturated heterocycles. The van der Waals surface area contributed by atoms with Gasteiger partial charge in [-0.3, -0.25) is 9.59 Å². The second-order valence-electron chi connectivity index (χ2n) is 6.54. The van der Waals surface area contributed by atoms with Gasteiger partial charge in [0, 0.05) is 23.3 Å². The summed E-state index contributed by atoms with van der Waals surface area (Å²) in [6, 6.07) is 14.3. The molecule has 0 bridgehead atoms. The third-order valence-corrected chi connectivity index (χ3v) is 7.41. The van der Waals surface area contributed by atoms with E-state index in [1.807, 2.05) is 0 Å². The Morgan fingerprint density at radius 2 is 1.44 bits per heavy atom. The molecule has 0 aliphatic heterocycles. The third kappa shape index (κ3) is 4.53. The molecule has 6 nitrogen and oxygen atoms in total. The van der Waals surface area contributed by atoms with Gasteiger partial charge in [0.25, 0.3) is 0 Å². The monoisotopic (exact) mass is 492 g/mol. The zero-order chi connectivity index (χ0) is 23.4. The zero-order valence-corrected chi connectivity index (χ0v) is 19.9. The van der Waals surface area contributed by atoms with Crippen LogP contribution in [0.1, 0.15) is 26.3 Å². The number of methoxy groups -OCH3 is 3. The molecule has 0 amide bonds. The van der Waals surface area contributed by atoms with Crippen molar-refractivity contribution in [2.24, 2.45) is 0 Å². The summed E-state index contributed by atoms with van der Waals surface area (Å²) in [5, 5.41) is -0.205. The summed E-state index contributed by atoms with van der Waals surface area (Å²) in [6.07, 6.45) is 0. The summed E-state index contributed by atoms with van der Waals surface area (Å²) in [5.74, 6) is 0.249. The molecule has 0 N–H and O–H groups in total. The first-order valence-corrected chi connectivity index (χ1v) is 11.5. The standard InChI is InChI=1S/C23H19Cl2O6P/c1-29-14-11-17(30-2)19(18(12-14)31-3)23(27)32(28)22-16(24)10-9-15(20(22)25)21(26)13-7-5-4-6-8-13/h4-12,32H,1-3H3. The lowest BCUT2D eigenvalue weighted by molar-refractivity contribution is 0.103. The molecule has 0 radical (unpaired) electrons. The Morgan fingerprint density at radius 3 is 1.97 bits per heavy atom. The van der Waals surface area contributed by atoms with Gasteiger partial charge in [-0.15, -0.1) is 0 Å². The lowest BCUT2D eigenvalue weighted by Gasteiger charge is -2.15. The van der Waals surface area contributed by atoms with Crippen molar-refractivity contribution in [1.29, 1.82) is 0 Å². The predicted molar refractivity (Wildman–Crippen MR) is 125 cm³/mol. The van der Waals surface area contributed by atoms with E-state index in [0.29, 0.717) is 11.3 Å². The maximum absolute atomic E-state index is 13.4. The topological polar surface area (TPSA) is 78.9 Å². The lowest BCUT2D eigenvalue weighted by Crippen LogP contribution is -2.13. The normalized spacial score (nSPS) is 11.5. The highest BCUT2D eigenvalue weighted by Crippen LogP contribution is 2.42. The molecular weight excluding hydrogens is 474 g/mol. The highest BCUT2D eigenvalue weighted by Gasteiger charge is 2.30. The van der Waals surface area contributed by atoms with E-state index in [4.69, 9.17) is 37.4 Å². The van der Waals surface area contributed by atoms with Crippen LogP contribution < -0.4 is 19.5 Å². The van der Waals surface area contributed by atoms with Crippen LogP contribution in [0.5, 0.6) is 17.2 Å². The van der Waals surface area contributed by atoms with E-state index < -0.39 is 13.3 Å². The van der Waals surface area contributed by atoms with E-state index in [0.717, 1.165) is 0 Å². The van der Waals surface area contributed by atoms with Crippen LogP contribution in [-0.4, -0.2) is 32.6 Å². The minimum atomic E-state index is -3.28. The number of rotatable bonds is 8. The van der Waals surface area contributed by atoms with Gasteiger partial charge in [0.1, 0.15) is 22.8 Å². The number of carbonyl (C=O) groups is 2. The number of halogens is 2. The van der Waals surface area contributed by atoms with Gasteiger partial charge in [0.05, 0.1) is 36.7 Å². The van der Waals surface area contributed by atoms with Gasteiger partial charge in [0.2, 0.25) is 5.52 Å². The van der Waals surface area contributed by atoms with Gasteiger partial charge in [-0.1, -0.05) is 53.5 Å². The number of hydrogen-bond donors (Lipinski definition) is 0. The van der Waals surface area contributed by atoms with Crippen LogP contribution in [0.25, 0.3) is 0 Å². The van der Waals surface area contributed by atoms with Gasteiger partial charge in [-0.2, -0.15) is 0 Å². The molecule has 0 aromatic heterocycles. The number of benzene rings is 3. The summed E-state index contributed by atoms with van der Waals surface area (Å²) in [5.41, 5.74) is -0.324. The molecule has 1 atom stereocenters. The molecule has 0 aliphatic carbocycles. The van der Waals surface area contributed by atoms with E-state index in [9.17, 15) is 14.2 Å². The Hall–Kier alpha value is -2.79. The zero-order valence-electron chi connectivity index (χ0n) is 17.4. The van der Waals surface area contributed by atoms with Crippen LogP contribution in [0.3, 0.4) is 0 Å². The highest BCUT2D eigenvalue weighted by molar-refractivity contribution is 7.72. The quantitative estimate of drug-likeness (QED) is 0.314.